The molecule has 0 rings (SSSR count). The van der Waals surface area contributed by atoms with Crippen LogP contribution in [0.3, 0.4) is 0 Å². The zero-order valence-corrected chi connectivity index (χ0v) is 29.0. The van der Waals surface area contributed by atoms with Gasteiger partial charge in [0, 0.05) is 6.42 Å². The predicted molar refractivity (Wildman–Crippen MR) is 178 cm³/mol. The van der Waals surface area contributed by atoms with Gasteiger partial charge in [-0.1, -0.05) is 108 Å². The first-order valence-corrected chi connectivity index (χ1v) is 18.3. The van der Waals surface area contributed by atoms with Gasteiger partial charge in [0.1, 0.15) is 13.2 Å². The van der Waals surface area contributed by atoms with Crippen LogP contribution in [0, 0.1) is 0 Å². The Morgan fingerprint density at radius 2 is 1.30 bits per heavy atom. The minimum Gasteiger partial charge on any atom is -0.756 e. The van der Waals surface area contributed by atoms with Crippen molar-refractivity contribution in [1.29, 1.82) is 0 Å². The highest BCUT2D eigenvalue weighted by Gasteiger charge is 2.23. The van der Waals surface area contributed by atoms with Gasteiger partial charge in [0.2, 0.25) is 5.91 Å². The standard InChI is InChI=1S/C34H65N2O6P/c1-6-8-10-11-12-13-14-15-16-17-18-19-20-21-22-23-24-25-26-27-33(37)32(35-34(38)28-9-7-2)31-42-43(39,40)41-30-29-36(3,4)5/h18-19,22-23,26-27,32-33,37H,6-17,20-21,24-25,28-31H2,1-5H3,(H-,35,38,39,40)/b19-18+,23-22+,27-26+. The van der Waals surface area contributed by atoms with E-state index in [1.165, 1.54) is 64.2 Å². The van der Waals surface area contributed by atoms with Crippen LogP contribution in [0.5, 0.6) is 0 Å². The van der Waals surface area contributed by atoms with Crippen LogP contribution in [0.4, 0.5) is 0 Å². The van der Waals surface area contributed by atoms with E-state index in [1.54, 1.807) is 6.08 Å². The zero-order valence-electron chi connectivity index (χ0n) is 28.1. The van der Waals surface area contributed by atoms with Crippen molar-refractivity contribution in [2.24, 2.45) is 0 Å². The van der Waals surface area contributed by atoms with Gasteiger partial charge in [0.05, 0.1) is 39.9 Å². The van der Waals surface area contributed by atoms with Crippen LogP contribution in [-0.2, 0) is 18.4 Å². The van der Waals surface area contributed by atoms with Crippen LogP contribution < -0.4 is 10.2 Å². The summed E-state index contributed by atoms with van der Waals surface area (Å²) in [4.78, 5) is 24.5. The van der Waals surface area contributed by atoms with E-state index in [-0.39, 0.29) is 12.5 Å². The van der Waals surface area contributed by atoms with Gasteiger partial charge in [-0.25, -0.2) is 0 Å². The maximum Gasteiger partial charge on any atom is 0.268 e. The monoisotopic (exact) mass is 628 g/mol. The molecule has 0 saturated heterocycles. The first-order chi connectivity index (χ1) is 20.5. The molecule has 3 unspecified atom stereocenters. The lowest BCUT2D eigenvalue weighted by Crippen LogP contribution is -2.45. The molecular formula is C34H65N2O6P. The Labute approximate surface area is 264 Å². The number of likely N-dealkylation sites (N-methyl/N-ethyl adjacent to an activating group) is 1. The van der Waals surface area contributed by atoms with Crippen molar-refractivity contribution in [3.05, 3.63) is 36.5 Å². The average molecular weight is 629 g/mol. The van der Waals surface area contributed by atoms with Gasteiger partial charge in [-0.15, -0.1) is 0 Å². The van der Waals surface area contributed by atoms with Gasteiger partial charge in [-0.05, 0) is 44.9 Å². The molecule has 0 fully saturated rings. The number of hydrogen-bond donors (Lipinski definition) is 2. The van der Waals surface area contributed by atoms with Crippen LogP contribution in [0.25, 0.3) is 0 Å². The number of phosphoric ester groups is 1. The van der Waals surface area contributed by atoms with Crippen molar-refractivity contribution >= 4 is 13.7 Å². The molecule has 0 aliphatic heterocycles. The minimum absolute atomic E-state index is 0.0105. The molecule has 0 aromatic carbocycles. The summed E-state index contributed by atoms with van der Waals surface area (Å²) in [6.07, 6.45) is 30.2. The number of nitrogens with zero attached hydrogens (tertiary/aromatic N) is 1. The summed E-state index contributed by atoms with van der Waals surface area (Å²) in [5, 5.41) is 13.4. The first kappa shape index (κ1) is 41.7. The highest BCUT2D eigenvalue weighted by Crippen LogP contribution is 2.38. The molecule has 0 aliphatic carbocycles. The number of nitrogens with one attached hydrogen (secondary N) is 1. The number of unbranched alkanes of at least 4 members (excludes halogenated alkanes) is 12. The highest BCUT2D eigenvalue weighted by molar-refractivity contribution is 7.45. The molecule has 0 heterocycles. The third-order valence-corrected chi connectivity index (χ3v) is 8.04. The van der Waals surface area contributed by atoms with E-state index < -0.39 is 26.6 Å². The Morgan fingerprint density at radius 3 is 1.86 bits per heavy atom. The van der Waals surface area contributed by atoms with Crippen LogP contribution in [0.15, 0.2) is 36.5 Å². The van der Waals surface area contributed by atoms with Crippen molar-refractivity contribution < 1.29 is 32.9 Å². The maximum atomic E-state index is 12.3. The molecule has 0 spiro atoms. The summed E-state index contributed by atoms with van der Waals surface area (Å²) >= 11 is 0. The predicted octanol–water partition coefficient (Wildman–Crippen LogP) is 7.38. The normalized spacial score (nSPS) is 15.4. The van der Waals surface area contributed by atoms with Gasteiger partial charge in [0.15, 0.2) is 0 Å². The second-order valence-corrected chi connectivity index (χ2v) is 13.9. The number of allylic oxidation sites excluding steroid dienone is 5. The summed E-state index contributed by atoms with van der Waals surface area (Å²) in [6, 6.07) is -0.900. The van der Waals surface area contributed by atoms with Gasteiger partial charge < -0.3 is 28.8 Å². The molecule has 0 aliphatic rings. The number of rotatable bonds is 29. The second-order valence-electron chi connectivity index (χ2n) is 12.5. The van der Waals surface area contributed by atoms with Crippen LogP contribution in [0.1, 0.15) is 123 Å². The molecule has 0 saturated carbocycles. The molecule has 0 radical (unpaired) electrons. The van der Waals surface area contributed by atoms with Gasteiger partial charge >= 0.3 is 0 Å². The maximum absolute atomic E-state index is 12.3. The minimum atomic E-state index is -4.56. The largest absolute Gasteiger partial charge is 0.756 e. The van der Waals surface area contributed by atoms with E-state index in [4.69, 9.17) is 9.05 Å². The number of carbonyl (C=O) groups excluding carboxylic acids is 1. The fraction of sp³-hybridized carbons (Fsp3) is 0.794. The fourth-order valence-electron chi connectivity index (χ4n) is 4.28. The smallest absolute Gasteiger partial charge is 0.268 e. The quantitative estimate of drug-likeness (QED) is 0.0387. The van der Waals surface area contributed by atoms with Gasteiger partial charge in [0.25, 0.3) is 7.82 Å². The fourth-order valence-corrected chi connectivity index (χ4v) is 5.00. The van der Waals surface area contributed by atoms with Crippen molar-refractivity contribution in [2.45, 2.75) is 135 Å². The Hall–Kier alpha value is -1.28. The van der Waals surface area contributed by atoms with Gasteiger partial charge in [-0.3, -0.25) is 9.36 Å². The number of aliphatic hydroxyl groups is 1. The lowest BCUT2D eigenvalue weighted by molar-refractivity contribution is -0.870. The third kappa shape index (κ3) is 29.2. The summed E-state index contributed by atoms with van der Waals surface area (Å²) in [7, 11) is 1.22. The number of amides is 1. The van der Waals surface area contributed by atoms with Crippen molar-refractivity contribution in [3.63, 3.8) is 0 Å². The van der Waals surface area contributed by atoms with E-state index in [0.717, 1.165) is 32.1 Å². The second kappa shape index (κ2) is 27.1. The summed E-state index contributed by atoms with van der Waals surface area (Å²) in [5.74, 6) is -0.250. The summed E-state index contributed by atoms with van der Waals surface area (Å²) in [5.41, 5.74) is 0. The molecular weight excluding hydrogens is 563 g/mol. The molecule has 0 bridgehead atoms. The molecule has 3 atom stereocenters. The lowest BCUT2D eigenvalue weighted by atomic mass is 10.1. The summed E-state index contributed by atoms with van der Waals surface area (Å²) in [6.45, 7) is 4.32. The Morgan fingerprint density at radius 1 is 0.791 bits per heavy atom. The van der Waals surface area contributed by atoms with E-state index in [1.807, 2.05) is 34.1 Å². The van der Waals surface area contributed by atoms with E-state index >= 15 is 0 Å². The van der Waals surface area contributed by atoms with Crippen LogP contribution in [-0.4, -0.2) is 68.5 Å². The number of quaternary nitrogens is 1. The highest BCUT2D eigenvalue weighted by atomic mass is 31.2. The number of carbonyl (C=O) groups is 1. The Kier molecular flexibility index (Phi) is 26.3. The zero-order chi connectivity index (χ0) is 32.2. The number of phosphoric acid groups is 1. The average Bonchev–Trinajstić information content (AvgIpc) is 2.94. The molecule has 9 heteroatoms. The SMILES string of the molecule is CCCCCCCCCCC/C=C/CC/C=C/CC/C=C/C(O)C(COP(=O)([O-])OCC[N+](C)(C)C)NC(=O)CCCC. The third-order valence-electron chi connectivity index (χ3n) is 7.08. The lowest BCUT2D eigenvalue weighted by Gasteiger charge is -2.29. The van der Waals surface area contributed by atoms with Crippen LogP contribution in [0.2, 0.25) is 0 Å². The van der Waals surface area contributed by atoms with Gasteiger partial charge in [-0.2, -0.15) is 0 Å². The Balaban J connectivity index is 4.32. The number of aliphatic hydroxyl groups excluding tert-OH is 1. The first-order valence-electron chi connectivity index (χ1n) is 16.9. The Bertz CT molecular complexity index is 809. The van der Waals surface area contributed by atoms with E-state index in [2.05, 4.69) is 36.5 Å². The molecule has 2 N–H and O–H groups in total. The molecule has 1 amide bonds. The molecule has 0 aromatic heterocycles. The topological polar surface area (TPSA) is 108 Å². The van der Waals surface area contributed by atoms with E-state index in [0.29, 0.717) is 23.9 Å². The molecule has 0 aromatic rings. The molecule has 8 nitrogen and oxygen atoms in total. The molecule has 43 heavy (non-hydrogen) atoms. The van der Waals surface area contributed by atoms with Crippen molar-refractivity contribution in [2.75, 3.05) is 40.9 Å². The summed E-state index contributed by atoms with van der Waals surface area (Å²) < 4.78 is 22.7. The van der Waals surface area contributed by atoms with Crippen LogP contribution >= 0.6 is 7.82 Å². The van der Waals surface area contributed by atoms with Crippen molar-refractivity contribution in [3.8, 4) is 0 Å². The number of hydrogen-bond acceptors (Lipinski definition) is 6. The molecule has 252 valence electrons. The van der Waals surface area contributed by atoms with Crippen molar-refractivity contribution in [1.82, 2.24) is 5.32 Å². The van der Waals surface area contributed by atoms with E-state index in [9.17, 15) is 19.4 Å².